The van der Waals surface area contributed by atoms with E-state index in [2.05, 4.69) is 15.6 Å². The van der Waals surface area contributed by atoms with Crippen LogP contribution in [0.1, 0.15) is 40.5 Å². The van der Waals surface area contributed by atoms with Crippen molar-refractivity contribution in [3.8, 4) is 0 Å². The molecule has 0 bridgehead atoms. The number of carbonyl (C=O) groups excluding carboxylic acids is 2. The number of amides is 1. The minimum atomic E-state index is -0.462. The summed E-state index contributed by atoms with van der Waals surface area (Å²) in [5.41, 5.74) is 2.00. The van der Waals surface area contributed by atoms with E-state index in [1.807, 2.05) is 0 Å². The van der Waals surface area contributed by atoms with Crippen LogP contribution in [0, 0.1) is 0 Å². The molecule has 6 heteroatoms. The molecule has 3 rings (SSSR count). The number of nitrogens with zero attached hydrogens (tertiary/aromatic N) is 1. The molecule has 1 heterocycles. The molecule has 0 unspecified atom stereocenters. The maximum Gasteiger partial charge on any atom is 0.340 e. The van der Waals surface area contributed by atoms with E-state index in [4.69, 9.17) is 4.74 Å². The van der Waals surface area contributed by atoms with E-state index in [0.717, 1.165) is 18.5 Å². The molecule has 0 spiro atoms. The lowest BCUT2D eigenvalue weighted by Gasteiger charge is -2.11. The zero-order valence-corrected chi connectivity index (χ0v) is 13.4. The van der Waals surface area contributed by atoms with E-state index in [0.29, 0.717) is 22.9 Å². The van der Waals surface area contributed by atoms with Crippen molar-refractivity contribution in [2.75, 3.05) is 17.2 Å². The molecule has 0 aliphatic heterocycles. The highest BCUT2D eigenvalue weighted by molar-refractivity contribution is 6.08. The van der Waals surface area contributed by atoms with E-state index >= 15 is 0 Å². The van der Waals surface area contributed by atoms with Gasteiger partial charge in [0, 0.05) is 18.4 Å². The fraction of sp³-hybridized carbons (Fsp3) is 0.278. The van der Waals surface area contributed by atoms with Gasteiger partial charge in [0.2, 0.25) is 0 Å². The molecule has 6 nitrogen and oxygen atoms in total. The highest BCUT2D eigenvalue weighted by atomic mass is 16.5. The molecule has 1 aromatic carbocycles. The molecule has 1 aliphatic carbocycles. The van der Waals surface area contributed by atoms with Crippen molar-refractivity contribution in [2.45, 2.75) is 25.8 Å². The number of aromatic nitrogens is 1. The number of pyridine rings is 1. The van der Waals surface area contributed by atoms with Crippen molar-refractivity contribution in [1.29, 1.82) is 0 Å². The van der Waals surface area contributed by atoms with Crippen LogP contribution in [0.15, 0.2) is 42.7 Å². The molecular formula is C18H19N3O3. The number of rotatable bonds is 6. The van der Waals surface area contributed by atoms with E-state index in [9.17, 15) is 9.59 Å². The number of para-hydroxylation sites is 1. The van der Waals surface area contributed by atoms with Crippen LogP contribution in [0.4, 0.5) is 11.4 Å². The van der Waals surface area contributed by atoms with E-state index in [1.54, 1.807) is 43.5 Å². The van der Waals surface area contributed by atoms with Gasteiger partial charge in [-0.2, -0.15) is 0 Å². The highest BCUT2D eigenvalue weighted by Gasteiger charge is 2.21. The van der Waals surface area contributed by atoms with Crippen LogP contribution in [0.25, 0.3) is 0 Å². The van der Waals surface area contributed by atoms with Crippen molar-refractivity contribution in [3.63, 3.8) is 0 Å². The number of anilines is 2. The van der Waals surface area contributed by atoms with Gasteiger partial charge in [-0.3, -0.25) is 9.78 Å². The summed E-state index contributed by atoms with van der Waals surface area (Å²) in [6.45, 7) is 2.02. The summed E-state index contributed by atoms with van der Waals surface area (Å²) in [6, 6.07) is 9.01. The molecule has 1 fully saturated rings. The first-order chi connectivity index (χ1) is 11.7. The second-order valence-electron chi connectivity index (χ2n) is 5.60. The summed E-state index contributed by atoms with van der Waals surface area (Å²) in [4.78, 5) is 28.5. The zero-order chi connectivity index (χ0) is 16.9. The molecular weight excluding hydrogens is 306 g/mol. The third-order valence-electron chi connectivity index (χ3n) is 3.62. The number of nitrogens with one attached hydrogen (secondary N) is 2. The summed E-state index contributed by atoms with van der Waals surface area (Å²) in [7, 11) is 0. The van der Waals surface area contributed by atoms with Crippen LogP contribution in [-0.2, 0) is 4.74 Å². The van der Waals surface area contributed by atoms with E-state index < -0.39 is 5.97 Å². The van der Waals surface area contributed by atoms with E-state index in [-0.39, 0.29) is 12.5 Å². The van der Waals surface area contributed by atoms with Gasteiger partial charge in [-0.05, 0) is 38.0 Å². The lowest BCUT2D eigenvalue weighted by Crippen LogP contribution is -2.16. The fourth-order valence-corrected chi connectivity index (χ4v) is 2.28. The summed E-state index contributed by atoms with van der Waals surface area (Å²) >= 11 is 0. The average molecular weight is 325 g/mol. The first-order valence-electron chi connectivity index (χ1n) is 7.96. The predicted molar refractivity (Wildman–Crippen MR) is 91.2 cm³/mol. The van der Waals surface area contributed by atoms with Gasteiger partial charge >= 0.3 is 5.97 Å². The van der Waals surface area contributed by atoms with Crippen molar-refractivity contribution in [3.05, 3.63) is 53.9 Å². The van der Waals surface area contributed by atoms with Crippen molar-refractivity contribution >= 4 is 23.3 Å². The van der Waals surface area contributed by atoms with Gasteiger partial charge in [0.15, 0.2) is 0 Å². The highest BCUT2D eigenvalue weighted by Crippen LogP contribution is 2.25. The van der Waals surface area contributed by atoms with E-state index in [1.165, 1.54) is 6.20 Å². The second-order valence-corrected chi connectivity index (χ2v) is 5.60. The van der Waals surface area contributed by atoms with Crippen LogP contribution < -0.4 is 10.6 Å². The molecule has 0 atom stereocenters. The van der Waals surface area contributed by atoms with Crippen LogP contribution in [0.2, 0.25) is 0 Å². The average Bonchev–Trinajstić information content (AvgIpc) is 3.40. The molecule has 2 N–H and O–H groups in total. The molecule has 1 aromatic heterocycles. The van der Waals surface area contributed by atoms with Crippen molar-refractivity contribution in [1.82, 2.24) is 4.98 Å². The van der Waals surface area contributed by atoms with Crippen LogP contribution in [-0.4, -0.2) is 29.5 Å². The second kappa shape index (κ2) is 7.12. The maximum atomic E-state index is 12.5. The molecule has 2 aromatic rings. The normalized spacial score (nSPS) is 13.2. The standard InChI is InChI=1S/C18H19N3O3/c1-2-24-18(23)15-5-3-4-6-16(15)21-17(22)12-9-14(11-19-10-12)20-13-7-8-13/h3-6,9-11,13,20H,2,7-8H2,1H3,(H,21,22). The number of ether oxygens (including phenoxy) is 1. The Morgan fingerprint density at radius 3 is 2.79 bits per heavy atom. The zero-order valence-electron chi connectivity index (χ0n) is 13.4. The van der Waals surface area contributed by atoms with Gasteiger partial charge < -0.3 is 15.4 Å². The minimum Gasteiger partial charge on any atom is -0.462 e. The number of hydrogen-bond donors (Lipinski definition) is 2. The Balaban J connectivity index is 1.76. The third-order valence-corrected chi connectivity index (χ3v) is 3.62. The summed E-state index contributed by atoms with van der Waals surface area (Å²) in [5, 5.41) is 6.06. The quantitative estimate of drug-likeness (QED) is 0.798. The van der Waals surface area contributed by atoms with Crippen LogP contribution in [0.5, 0.6) is 0 Å². The third kappa shape index (κ3) is 3.90. The number of benzene rings is 1. The van der Waals surface area contributed by atoms with Crippen molar-refractivity contribution < 1.29 is 14.3 Å². The Labute approximate surface area is 140 Å². The lowest BCUT2D eigenvalue weighted by molar-refractivity contribution is 0.0527. The van der Waals surface area contributed by atoms with Gasteiger partial charge in [0.05, 0.1) is 29.1 Å². The minimum absolute atomic E-state index is 0.278. The molecule has 24 heavy (non-hydrogen) atoms. The first-order valence-corrected chi connectivity index (χ1v) is 7.96. The lowest BCUT2D eigenvalue weighted by atomic mass is 10.1. The van der Waals surface area contributed by atoms with Gasteiger partial charge in [-0.25, -0.2) is 4.79 Å². The fourth-order valence-electron chi connectivity index (χ4n) is 2.28. The molecule has 1 aliphatic rings. The Morgan fingerprint density at radius 1 is 1.25 bits per heavy atom. The Bertz CT molecular complexity index is 757. The number of hydrogen-bond acceptors (Lipinski definition) is 5. The monoisotopic (exact) mass is 325 g/mol. The summed E-state index contributed by atoms with van der Waals surface area (Å²) < 4.78 is 5.01. The molecule has 1 amide bonds. The molecule has 124 valence electrons. The smallest absolute Gasteiger partial charge is 0.340 e. The van der Waals surface area contributed by atoms with Crippen LogP contribution in [0.3, 0.4) is 0 Å². The first kappa shape index (κ1) is 16.0. The van der Waals surface area contributed by atoms with Crippen LogP contribution >= 0.6 is 0 Å². The number of esters is 1. The van der Waals surface area contributed by atoms with Crippen molar-refractivity contribution in [2.24, 2.45) is 0 Å². The predicted octanol–water partition coefficient (Wildman–Crippen LogP) is 3.08. The SMILES string of the molecule is CCOC(=O)c1ccccc1NC(=O)c1cncc(NC2CC2)c1. The molecule has 1 saturated carbocycles. The Morgan fingerprint density at radius 2 is 2.04 bits per heavy atom. The van der Waals surface area contributed by atoms with Gasteiger partial charge in [-0.1, -0.05) is 12.1 Å². The summed E-state index contributed by atoms with van der Waals surface area (Å²) in [6.07, 6.45) is 5.48. The summed E-state index contributed by atoms with van der Waals surface area (Å²) in [5.74, 6) is -0.783. The Kier molecular flexibility index (Phi) is 4.74. The molecule has 0 radical (unpaired) electrons. The maximum absolute atomic E-state index is 12.5. The largest absolute Gasteiger partial charge is 0.462 e. The Hall–Kier alpha value is -2.89. The van der Waals surface area contributed by atoms with Gasteiger partial charge in [0.25, 0.3) is 5.91 Å². The topological polar surface area (TPSA) is 80.3 Å². The molecule has 0 saturated heterocycles. The number of carbonyl (C=O) groups is 2. The van der Waals surface area contributed by atoms with Gasteiger partial charge in [0.1, 0.15) is 0 Å². The van der Waals surface area contributed by atoms with Gasteiger partial charge in [-0.15, -0.1) is 0 Å².